The molecule has 0 saturated carbocycles. The first-order valence-corrected chi connectivity index (χ1v) is 10.8. The summed E-state index contributed by atoms with van der Waals surface area (Å²) < 4.78 is 28.6. The van der Waals surface area contributed by atoms with Gasteiger partial charge in [0.05, 0.1) is 33.5 Å². The Balaban J connectivity index is 0.000000303. The van der Waals surface area contributed by atoms with Crippen LogP contribution in [0.1, 0.15) is 27.6 Å². The van der Waals surface area contributed by atoms with Gasteiger partial charge in [-0.1, -0.05) is 6.07 Å². The number of hydrazone groups is 1. The van der Waals surface area contributed by atoms with Crippen LogP contribution in [0, 0.1) is 12.7 Å². The minimum Gasteiger partial charge on any atom is -0.494 e. The van der Waals surface area contributed by atoms with E-state index in [2.05, 4.69) is 20.4 Å². The number of aliphatic hydroxyl groups excluding tert-OH is 1. The van der Waals surface area contributed by atoms with Crippen LogP contribution in [0.3, 0.4) is 0 Å². The molecular weight excluding hydrogens is 461 g/mol. The Morgan fingerprint density at radius 1 is 1.34 bits per heavy atom. The molecule has 0 amide bonds. The second-order valence-electron chi connectivity index (χ2n) is 7.54. The quantitative estimate of drug-likeness (QED) is 0.119. The molecule has 2 aromatic rings. The fourth-order valence-corrected chi connectivity index (χ4v) is 3.03. The number of carbonyl (C=O) groups excluding carboxylic acids is 1. The average molecular weight is 494 g/mol. The second-order valence-corrected chi connectivity index (χ2v) is 7.54. The van der Waals surface area contributed by atoms with Crippen LogP contribution in [0.15, 0.2) is 29.4 Å². The van der Waals surface area contributed by atoms with E-state index in [0.29, 0.717) is 36.8 Å². The van der Waals surface area contributed by atoms with Crippen LogP contribution < -0.4 is 21.6 Å². The molecule has 13 heteroatoms. The highest BCUT2D eigenvalue weighted by Crippen LogP contribution is 2.17. The van der Waals surface area contributed by atoms with E-state index in [0.717, 1.165) is 17.2 Å². The highest BCUT2D eigenvalue weighted by atomic mass is 19.1. The van der Waals surface area contributed by atoms with Gasteiger partial charge < -0.3 is 30.4 Å². The number of rotatable bonds is 9. The van der Waals surface area contributed by atoms with Crippen molar-refractivity contribution in [2.75, 3.05) is 40.5 Å². The van der Waals surface area contributed by atoms with E-state index in [4.69, 9.17) is 30.9 Å². The maximum absolute atomic E-state index is 12.9. The predicted molar refractivity (Wildman–Crippen MR) is 126 cm³/mol. The Hall–Kier alpha value is -3.23. The standard InChI is InChI=1S/C13H20N6O4.C9H12FNO/c1-8-16-9(4-20)2-12(17-8)13(14)18-19(15)3-10-6-23-11(5-21)7-22-10;1-11-6-7-3-4-8(10)9(5-7)12-2/h2,4,10-11,21H,3,5-7,15H2,1H3,(H2,14,18);3-5,11H,6H2,1-2H3/t10?,11-;/m1./s1. The molecule has 12 nitrogen and oxygen atoms in total. The third kappa shape index (κ3) is 9.15. The zero-order valence-electron chi connectivity index (χ0n) is 20.0. The number of hydrogen-bond acceptors (Lipinski definition) is 11. The SMILES string of the molecule is CNCc1ccc(F)c(OC)c1.Cc1nc(C=O)cc(/C(N)=N/N(N)CC2CO[C@H](CO)CO2)n1. The molecule has 0 aliphatic carbocycles. The van der Waals surface area contributed by atoms with E-state index in [1.165, 1.54) is 19.2 Å². The Morgan fingerprint density at radius 3 is 2.66 bits per heavy atom. The molecule has 1 aromatic carbocycles. The fraction of sp³-hybridized carbons (Fsp3) is 0.455. The minimum atomic E-state index is -0.322. The number of halogens is 1. The molecule has 1 aliphatic heterocycles. The van der Waals surface area contributed by atoms with Crippen molar-refractivity contribution >= 4 is 12.1 Å². The lowest BCUT2D eigenvalue weighted by molar-refractivity contribution is -0.150. The van der Waals surface area contributed by atoms with Crippen molar-refractivity contribution < 1.29 is 28.5 Å². The van der Waals surface area contributed by atoms with Gasteiger partial charge in [-0.3, -0.25) is 4.79 Å². The van der Waals surface area contributed by atoms with Crippen molar-refractivity contribution in [3.8, 4) is 5.75 Å². The molecule has 2 atom stereocenters. The molecule has 1 aromatic heterocycles. The summed E-state index contributed by atoms with van der Waals surface area (Å²) in [6, 6.07) is 6.25. The van der Waals surface area contributed by atoms with Crippen LogP contribution >= 0.6 is 0 Å². The number of nitrogens with two attached hydrogens (primary N) is 2. The average Bonchev–Trinajstić information content (AvgIpc) is 2.85. The van der Waals surface area contributed by atoms with Gasteiger partial charge in [-0.05, 0) is 37.7 Å². The Kier molecular flexibility index (Phi) is 11.4. The number of ether oxygens (including phenoxy) is 3. The number of aromatic nitrogens is 2. The maximum atomic E-state index is 12.9. The highest BCUT2D eigenvalue weighted by Gasteiger charge is 2.23. The van der Waals surface area contributed by atoms with Gasteiger partial charge in [0.15, 0.2) is 23.7 Å². The molecule has 0 spiro atoms. The molecule has 0 radical (unpaired) electrons. The lowest BCUT2D eigenvalue weighted by Crippen LogP contribution is -2.45. The molecular formula is C22H32FN7O5. The molecule has 6 N–H and O–H groups in total. The van der Waals surface area contributed by atoms with Crippen molar-refractivity contribution in [2.45, 2.75) is 25.7 Å². The summed E-state index contributed by atoms with van der Waals surface area (Å²) in [5.74, 6) is 6.23. The number of benzene rings is 1. The number of methoxy groups -OCH3 is 1. The van der Waals surface area contributed by atoms with Gasteiger partial charge in [0.1, 0.15) is 29.4 Å². The van der Waals surface area contributed by atoms with Crippen LogP contribution in [0.2, 0.25) is 0 Å². The minimum absolute atomic E-state index is 0.0612. The van der Waals surface area contributed by atoms with Crippen LogP contribution in [-0.2, 0) is 16.0 Å². The lowest BCUT2D eigenvalue weighted by Gasteiger charge is -2.30. The molecule has 1 aliphatic rings. The van der Waals surface area contributed by atoms with E-state index < -0.39 is 0 Å². The maximum Gasteiger partial charge on any atom is 0.171 e. The van der Waals surface area contributed by atoms with Crippen molar-refractivity contribution in [1.82, 2.24) is 20.4 Å². The first-order valence-electron chi connectivity index (χ1n) is 10.8. The summed E-state index contributed by atoms with van der Waals surface area (Å²) >= 11 is 0. The van der Waals surface area contributed by atoms with Gasteiger partial charge in [-0.25, -0.2) is 25.3 Å². The summed E-state index contributed by atoms with van der Waals surface area (Å²) in [5, 5.41) is 17.1. The number of aldehydes is 1. The Bertz CT molecular complexity index is 987. The first kappa shape index (κ1) is 28.0. The van der Waals surface area contributed by atoms with Crippen molar-refractivity contribution in [3.05, 3.63) is 52.9 Å². The highest BCUT2D eigenvalue weighted by molar-refractivity contribution is 5.96. The van der Waals surface area contributed by atoms with E-state index in [1.54, 1.807) is 19.1 Å². The number of amidine groups is 1. The number of aryl methyl sites for hydroxylation is 1. The molecule has 1 saturated heterocycles. The summed E-state index contributed by atoms with van der Waals surface area (Å²) in [7, 11) is 3.30. The molecule has 1 unspecified atom stereocenters. The molecule has 192 valence electrons. The van der Waals surface area contributed by atoms with Gasteiger partial charge in [0, 0.05) is 6.54 Å². The van der Waals surface area contributed by atoms with Gasteiger partial charge in [-0.2, -0.15) is 0 Å². The van der Waals surface area contributed by atoms with Crippen molar-refractivity contribution in [2.24, 2.45) is 16.7 Å². The van der Waals surface area contributed by atoms with E-state index in [9.17, 15) is 9.18 Å². The largest absolute Gasteiger partial charge is 0.494 e. The zero-order chi connectivity index (χ0) is 25.8. The Labute approximate surface area is 203 Å². The van der Waals surface area contributed by atoms with Crippen LogP contribution in [-0.4, -0.2) is 85.0 Å². The number of carbonyl (C=O) groups is 1. The second kappa shape index (κ2) is 14.2. The summed E-state index contributed by atoms with van der Waals surface area (Å²) in [5.41, 5.74) is 7.40. The third-order valence-electron chi connectivity index (χ3n) is 4.70. The number of aliphatic hydroxyl groups is 1. The smallest absolute Gasteiger partial charge is 0.171 e. The molecule has 35 heavy (non-hydrogen) atoms. The van der Waals surface area contributed by atoms with E-state index in [1.807, 2.05) is 7.05 Å². The molecule has 2 heterocycles. The first-order chi connectivity index (χ1) is 16.8. The van der Waals surface area contributed by atoms with Gasteiger partial charge in [0.2, 0.25) is 0 Å². The van der Waals surface area contributed by atoms with Crippen LogP contribution in [0.25, 0.3) is 0 Å². The zero-order valence-corrected chi connectivity index (χ0v) is 20.0. The fourth-order valence-electron chi connectivity index (χ4n) is 3.03. The van der Waals surface area contributed by atoms with Gasteiger partial charge >= 0.3 is 0 Å². The van der Waals surface area contributed by atoms with Crippen LogP contribution in [0.5, 0.6) is 5.75 Å². The Morgan fingerprint density at radius 2 is 2.06 bits per heavy atom. The molecule has 0 bridgehead atoms. The number of hydrogen-bond donors (Lipinski definition) is 4. The lowest BCUT2D eigenvalue weighted by atomic mass is 10.2. The van der Waals surface area contributed by atoms with E-state index >= 15 is 0 Å². The van der Waals surface area contributed by atoms with Gasteiger partial charge in [0.25, 0.3) is 0 Å². The van der Waals surface area contributed by atoms with Crippen molar-refractivity contribution in [3.63, 3.8) is 0 Å². The van der Waals surface area contributed by atoms with Crippen LogP contribution in [0.4, 0.5) is 4.39 Å². The molecule has 3 rings (SSSR count). The number of nitrogens with zero attached hydrogens (tertiary/aromatic N) is 4. The van der Waals surface area contributed by atoms with Crippen molar-refractivity contribution in [1.29, 1.82) is 0 Å². The summed E-state index contributed by atoms with van der Waals surface area (Å²) in [4.78, 5) is 18.9. The third-order valence-corrected chi connectivity index (χ3v) is 4.70. The topological polar surface area (TPSA) is 170 Å². The van der Waals surface area contributed by atoms with E-state index in [-0.39, 0.29) is 42.7 Å². The predicted octanol–water partition coefficient (Wildman–Crippen LogP) is -0.276. The monoisotopic (exact) mass is 493 g/mol. The summed E-state index contributed by atoms with van der Waals surface area (Å²) in [6.07, 6.45) is 0.0185. The van der Waals surface area contributed by atoms with Gasteiger partial charge in [-0.15, -0.1) is 5.10 Å². The number of hydrazine groups is 1. The molecule has 1 fully saturated rings. The summed E-state index contributed by atoms with van der Waals surface area (Å²) in [6.45, 7) is 3.13. The number of nitrogens with one attached hydrogen (secondary N) is 1. The normalized spacial score (nSPS) is 17.8.